The van der Waals surface area contributed by atoms with Crippen LogP contribution in [0.25, 0.3) is 0 Å². The van der Waals surface area contributed by atoms with E-state index in [0.717, 1.165) is 36.9 Å². The summed E-state index contributed by atoms with van der Waals surface area (Å²) in [6.07, 6.45) is 0. The average Bonchev–Trinajstić information content (AvgIpc) is 2.67. The molecule has 1 amide bonds. The van der Waals surface area contributed by atoms with Crippen molar-refractivity contribution in [3.8, 4) is 0 Å². The molecule has 1 aliphatic rings. The minimum Gasteiger partial charge on any atom is -0.367 e. The summed E-state index contributed by atoms with van der Waals surface area (Å²) in [7, 11) is 0. The number of nitrogens with zero attached hydrogens (tertiary/aromatic N) is 2. The van der Waals surface area contributed by atoms with Crippen molar-refractivity contribution in [1.29, 1.82) is 0 Å². The Hall–Kier alpha value is -2.04. The molecular formula is C20H25ClN3O+. The van der Waals surface area contributed by atoms with Crippen molar-refractivity contribution in [2.24, 2.45) is 0 Å². The number of anilines is 1. The Morgan fingerprint density at radius 2 is 1.68 bits per heavy atom. The molecule has 132 valence electrons. The van der Waals surface area contributed by atoms with Crippen molar-refractivity contribution >= 4 is 23.2 Å². The van der Waals surface area contributed by atoms with Crippen LogP contribution in [0.1, 0.15) is 18.5 Å². The van der Waals surface area contributed by atoms with Crippen LogP contribution in [0.4, 0.5) is 5.69 Å². The number of amides is 1. The lowest BCUT2D eigenvalue weighted by Gasteiger charge is -2.36. The molecule has 25 heavy (non-hydrogen) atoms. The predicted molar refractivity (Wildman–Crippen MR) is 102 cm³/mol. The molecule has 0 aromatic heterocycles. The van der Waals surface area contributed by atoms with E-state index in [9.17, 15) is 4.79 Å². The van der Waals surface area contributed by atoms with Crippen molar-refractivity contribution in [3.63, 3.8) is 0 Å². The SMILES string of the molecule is C[C@H]([NH2+]CC(=O)N1CCN(c2ccccc2Cl)CC1)c1ccccc1. The molecule has 0 unspecified atom stereocenters. The van der Waals surface area contributed by atoms with Gasteiger partial charge in [-0.15, -0.1) is 0 Å². The van der Waals surface area contributed by atoms with E-state index in [2.05, 4.69) is 29.3 Å². The summed E-state index contributed by atoms with van der Waals surface area (Å²) in [5, 5.41) is 2.88. The maximum Gasteiger partial charge on any atom is 0.277 e. The average molecular weight is 359 g/mol. The van der Waals surface area contributed by atoms with Gasteiger partial charge >= 0.3 is 0 Å². The fourth-order valence-corrected chi connectivity index (χ4v) is 3.46. The second kappa shape index (κ2) is 8.37. The Bertz CT molecular complexity index is 699. The van der Waals surface area contributed by atoms with Crippen molar-refractivity contribution in [1.82, 2.24) is 4.90 Å². The number of hydrogen-bond donors (Lipinski definition) is 1. The topological polar surface area (TPSA) is 40.2 Å². The van der Waals surface area contributed by atoms with Crippen LogP contribution in [0.2, 0.25) is 5.02 Å². The Kier molecular flexibility index (Phi) is 5.95. The van der Waals surface area contributed by atoms with Crippen LogP contribution in [-0.4, -0.2) is 43.5 Å². The summed E-state index contributed by atoms with van der Waals surface area (Å²) < 4.78 is 0. The highest BCUT2D eigenvalue weighted by molar-refractivity contribution is 6.33. The summed E-state index contributed by atoms with van der Waals surface area (Å²) in [4.78, 5) is 16.7. The number of nitrogens with two attached hydrogens (primary N) is 1. The van der Waals surface area contributed by atoms with Crippen molar-refractivity contribution in [2.75, 3.05) is 37.6 Å². The number of piperazine rings is 1. The molecule has 2 N–H and O–H groups in total. The Balaban J connectivity index is 1.48. The summed E-state index contributed by atoms with van der Waals surface area (Å²) in [5.74, 6) is 0.210. The molecule has 1 atom stereocenters. The van der Waals surface area contributed by atoms with Crippen LogP contribution in [-0.2, 0) is 4.79 Å². The third-order valence-electron chi connectivity index (χ3n) is 4.80. The Labute approximate surface area is 154 Å². The lowest BCUT2D eigenvalue weighted by molar-refractivity contribution is -0.683. The number of carbonyl (C=O) groups is 1. The van der Waals surface area contributed by atoms with Gasteiger partial charge < -0.3 is 15.1 Å². The van der Waals surface area contributed by atoms with Gasteiger partial charge in [0.25, 0.3) is 5.91 Å². The third-order valence-corrected chi connectivity index (χ3v) is 5.12. The van der Waals surface area contributed by atoms with Gasteiger partial charge in [0.2, 0.25) is 0 Å². The number of para-hydroxylation sites is 1. The molecule has 3 rings (SSSR count). The zero-order chi connectivity index (χ0) is 17.6. The predicted octanol–water partition coefficient (Wildman–Crippen LogP) is 2.31. The zero-order valence-electron chi connectivity index (χ0n) is 14.6. The standard InChI is InChI=1S/C20H24ClN3O/c1-16(17-7-3-2-4-8-17)22-15-20(25)24-13-11-23(12-14-24)19-10-6-5-9-18(19)21/h2-10,16,22H,11-15H2,1H3/p+1/t16-/m0/s1. The van der Waals surface area contributed by atoms with E-state index < -0.39 is 0 Å². The molecule has 1 aliphatic heterocycles. The van der Waals surface area contributed by atoms with E-state index in [1.807, 2.05) is 47.4 Å². The summed E-state index contributed by atoms with van der Waals surface area (Å²) in [6.45, 7) is 5.77. The van der Waals surface area contributed by atoms with Crippen molar-refractivity contribution in [2.45, 2.75) is 13.0 Å². The lowest BCUT2D eigenvalue weighted by atomic mass is 10.1. The van der Waals surface area contributed by atoms with Gasteiger partial charge in [0.05, 0.1) is 10.7 Å². The van der Waals surface area contributed by atoms with Gasteiger partial charge in [-0.25, -0.2) is 0 Å². The number of halogens is 1. The normalized spacial score (nSPS) is 15.9. The van der Waals surface area contributed by atoms with Crippen LogP contribution in [0.5, 0.6) is 0 Å². The molecule has 0 radical (unpaired) electrons. The van der Waals surface area contributed by atoms with Crippen LogP contribution in [0, 0.1) is 0 Å². The summed E-state index contributed by atoms with van der Waals surface area (Å²) >= 11 is 6.27. The van der Waals surface area contributed by atoms with E-state index in [1.54, 1.807) is 0 Å². The fourth-order valence-electron chi connectivity index (χ4n) is 3.20. The van der Waals surface area contributed by atoms with E-state index in [-0.39, 0.29) is 11.9 Å². The van der Waals surface area contributed by atoms with Gasteiger partial charge in [0.1, 0.15) is 6.04 Å². The molecule has 2 aromatic carbocycles. The molecule has 1 heterocycles. The maximum absolute atomic E-state index is 12.5. The Morgan fingerprint density at radius 3 is 2.36 bits per heavy atom. The smallest absolute Gasteiger partial charge is 0.277 e. The first-order valence-electron chi connectivity index (χ1n) is 8.80. The highest BCUT2D eigenvalue weighted by atomic mass is 35.5. The summed E-state index contributed by atoms with van der Waals surface area (Å²) in [5.41, 5.74) is 2.30. The molecule has 0 aliphatic carbocycles. The first kappa shape index (κ1) is 17.8. The lowest BCUT2D eigenvalue weighted by Crippen LogP contribution is -2.87. The van der Waals surface area contributed by atoms with E-state index in [4.69, 9.17) is 11.6 Å². The first-order valence-corrected chi connectivity index (χ1v) is 9.18. The van der Waals surface area contributed by atoms with Gasteiger partial charge in [-0.2, -0.15) is 0 Å². The van der Waals surface area contributed by atoms with Crippen LogP contribution < -0.4 is 10.2 Å². The Morgan fingerprint density at radius 1 is 1.04 bits per heavy atom. The van der Waals surface area contributed by atoms with Gasteiger partial charge in [0.15, 0.2) is 6.54 Å². The first-order chi connectivity index (χ1) is 12.1. The molecule has 1 fully saturated rings. The van der Waals surface area contributed by atoms with E-state index in [0.29, 0.717) is 6.54 Å². The molecule has 0 spiro atoms. The van der Waals surface area contributed by atoms with E-state index in [1.165, 1.54) is 5.56 Å². The number of carbonyl (C=O) groups excluding carboxylic acids is 1. The van der Waals surface area contributed by atoms with E-state index >= 15 is 0 Å². The second-order valence-corrected chi connectivity index (χ2v) is 6.87. The van der Waals surface area contributed by atoms with Crippen LogP contribution in [0.3, 0.4) is 0 Å². The number of benzene rings is 2. The highest BCUT2D eigenvalue weighted by Crippen LogP contribution is 2.25. The van der Waals surface area contributed by atoms with Crippen molar-refractivity contribution in [3.05, 3.63) is 65.2 Å². The second-order valence-electron chi connectivity index (χ2n) is 6.46. The molecule has 2 aromatic rings. The zero-order valence-corrected chi connectivity index (χ0v) is 15.3. The number of hydrogen-bond acceptors (Lipinski definition) is 2. The molecule has 4 nitrogen and oxygen atoms in total. The quantitative estimate of drug-likeness (QED) is 0.891. The minimum atomic E-state index is 0.210. The van der Waals surface area contributed by atoms with Gasteiger partial charge in [-0.05, 0) is 19.1 Å². The highest BCUT2D eigenvalue weighted by Gasteiger charge is 2.23. The maximum atomic E-state index is 12.5. The minimum absolute atomic E-state index is 0.210. The number of rotatable bonds is 5. The molecule has 1 saturated heterocycles. The molecule has 0 saturated carbocycles. The van der Waals surface area contributed by atoms with Crippen molar-refractivity contribution < 1.29 is 10.1 Å². The van der Waals surface area contributed by atoms with Gasteiger partial charge in [0, 0.05) is 31.7 Å². The molecule has 0 bridgehead atoms. The fraction of sp³-hybridized carbons (Fsp3) is 0.350. The third kappa shape index (κ3) is 4.53. The monoisotopic (exact) mass is 358 g/mol. The number of quaternary nitrogens is 1. The summed E-state index contributed by atoms with van der Waals surface area (Å²) in [6, 6.07) is 18.5. The molecule has 5 heteroatoms. The van der Waals surface area contributed by atoms with Gasteiger partial charge in [-0.3, -0.25) is 4.79 Å². The largest absolute Gasteiger partial charge is 0.367 e. The molecular weight excluding hydrogens is 334 g/mol. The van der Waals surface area contributed by atoms with Gasteiger partial charge in [-0.1, -0.05) is 54.1 Å². The van der Waals surface area contributed by atoms with Crippen LogP contribution >= 0.6 is 11.6 Å². The van der Waals surface area contributed by atoms with Crippen LogP contribution in [0.15, 0.2) is 54.6 Å².